The maximum absolute atomic E-state index is 14.9. The lowest BCUT2D eigenvalue weighted by atomic mass is 10.2. The number of carbonyl (C=O) groups is 1. The van der Waals surface area contributed by atoms with Crippen LogP contribution in [0.3, 0.4) is 0 Å². The Kier molecular flexibility index (Phi) is 4.65. The standard InChI is InChI=1S/C17H15FN6O4/c18-17(10-27-15(25)12-4-2-1-3-5-12)8-6-14(28-17)23-9-7-13(20-16(23)26)24-11-19-21-22-24/h1-5,7,9,11,14H,6,8,10H2/t14-,17+/m1/s1. The Morgan fingerprint density at radius 3 is 2.86 bits per heavy atom. The van der Waals surface area contributed by atoms with Crippen molar-refractivity contribution in [3.8, 4) is 5.82 Å². The minimum absolute atomic E-state index is 0.0269. The highest BCUT2D eigenvalue weighted by Crippen LogP contribution is 2.37. The average molecular weight is 386 g/mol. The Morgan fingerprint density at radius 2 is 2.14 bits per heavy atom. The third-order valence-electron chi connectivity index (χ3n) is 4.25. The zero-order valence-electron chi connectivity index (χ0n) is 14.5. The van der Waals surface area contributed by atoms with Gasteiger partial charge in [0.2, 0.25) is 5.85 Å². The zero-order valence-corrected chi connectivity index (χ0v) is 14.5. The molecule has 2 atom stereocenters. The SMILES string of the molecule is O=C(OC[C@]1(F)CC[C@H](n2ccc(-n3cnnn3)nc2=O)O1)c1ccccc1. The third-order valence-corrected chi connectivity index (χ3v) is 4.25. The molecule has 0 saturated carbocycles. The summed E-state index contributed by atoms with van der Waals surface area (Å²) in [6.45, 7) is -0.567. The fraction of sp³-hybridized carbons (Fsp3) is 0.294. The van der Waals surface area contributed by atoms with E-state index in [1.807, 2.05) is 0 Å². The highest BCUT2D eigenvalue weighted by atomic mass is 19.2. The van der Waals surface area contributed by atoms with E-state index in [2.05, 4.69) is 20.5 Å². The number of aromatic nitrogens is 6. The lowest BCUT2D eigenvalue weighted by Crippen LogP contribution is -2.33. The van der Waals surface area contributed by atoms with Crippen molar-refractivity contribution in [3.05, 3.63) is 65.0 Å². The smallest absolute Gasteiger partial charge is 0.351 e. The minimum Gasteiger partial charge on any atom is -0.456 e. The molecule has 11 heteroatoms. The van der Waals surface area contributed by atoms with Gasteiger partial charge in [-0.05, 0) is 35.0 Å². The summed E-state index contributed by atoms with van der Waals surface area (Å²) in [5, 5.41) is 10.6. The number of benzene rings is 1. The van der Waals surface area contributed by atoms with Crippen molar-refractivity contribution < 1.29 is 18.7 Å². The Hall–Kier alpha value is -3.47. The summed E-state index contributed by atoms with van der Waals surface area (Å²) in [4.78, 5) is 28.1. The van der Waals surface area contributed by atoms with Crippen LogP contribution in [0.1, 0.15) is 29.4 Å². The molecule has 1 aromatic carbocycles. The molecule has 28 heavy (non-hydrogen) atoms. The number of halogens is 1. The van der Waals surface area contributed by atoms with Gasteiger partial charge in [-0.25, -0.2) is 14.0 Å². The van der Waals surface area contributed by atoms with E-state index in [4.69, 9.17) is 9.47 Å². The van der Waals surface area contributed by atoms with Gasteiger partial charge >= 0.3 is 11.7 Å². The molecule has 1 aliphatic rings. The predicted octanol–water partition coefficient (Wildman–Crippen LogP) is 1.05. The molecule has 1 fully saturated rings. The minimum atomic E-state index is -2.18. The summed E-state index contributed by atoms with van der Waals surface area (Å²) < 4.78 is 27.7. The first-order chi connectivity index (χ1) is 13.5. The number of hydrogen-bond acceptors (Lipinski definition) is 8. The zero-order chi connectivity index (χ0) is 19.6. The quantitative estimate of drug-likeness (QED) is 0.598. The molecule has 10 nitrogen and oxygen atoms in total. The van der Waals surface area contributed by atoms with Crippen molar-refractivity contribution in [3.63, 3.8) is 0 Å². The van der Waals surface area contributed by atoms with Crippen LogP contribution in [0.5, 0.6) is 0 Å². The summed E-state index contributed by atoms with van der Waals surface area (Å²) in [7, 11) is 0. The molecule has 0 radical (unpaired) electrons. The molecule has 0 unspecified atom stereocenters. The molecule has 0 amide bonds. The average Bonchev–Trinajstić information content (AvgIpc) is 3.37. The Labute approximate surface area is 157 Å². The molecular formula is C17H15FN6O4. The maximum atomic E-state index is 14.9. The molecule has 4 rings (SSSR count). The second-order valence-electron chi connectivity index (χ2n) is 6.17. The van der Waals surface area contributed by atoms with Crippen LogP contribution in [0.2, 0.25) is 0 Å². The number of ether oxygens (including phenoxy) is 2. The van der Waals surface area contributed by atoms with E-state index in [0.29, 0.717) is 5.56 Å². The highest BCUT2D eigenvalue weighted by molar-refractivity contribution is 5.89. The monoisotopic (exact) mass is 386 g/mol. The molecule has 2 aromatic heterocycles. The fourth-order valence-corrected chi connectivity index (χ4v) is 2.85. The van der Waals surface area contributed by atoms with Crippen LogP contribution in [-0.2, 0) is 9.47 Å². The number of tetrazole rings is 1. The fourth-order valence-electron chi connectivity index (χ4n) is 2.85. The topological polar surface area (TPSA) is 114 Å². The van der Waals surface area contributed by atoms with Gasteiger partial charge in [0.25, 0.3) is 0 Å². The maximum Gasteiger partial charge on any atom is 0.351 e. The summed E-state index contributed by atoms with van der Waals surface area (Å²) >= 11 is 0. The van der Waals surface area contributed by atoms with E-state index in [1.54, 1.807) is 30.3 Å². The molecule has 0 N–H and O–H groups in total. The summed E-state index contributed by atoms with van der Waals surface area (Å²) in [6.07, 6.45) is 2.07. The van der Waals surface area contributed by atoms with Gasteiger partial charge in [-0.3, -0.25) is 4.57 Å². The number of alkyl halides is 1. The van der Waals surface area contributed by atoms with Crippen LogP contribution in [-0.4, -0.2) is 48.2 Å². The van der Waals surface area contributed by atoms with Crippen molar-refractivity contribution >= 4 is 5.97 Å². The normalized spacial score (nSPS) is 21.5. The number of carbonyl (C=O) groups excluding carboxylic acids is 1. The van der Waals surface area contributed by atoms with E-state index in [0.717, 1.165) is 0 Å². The number of esters is 1. The molecule has 0 spiro atoms. The van der Waals surface area contributed by atoms with Crippen LogP contribution in [0.4, 0.5) is 4.39 Å². The third kappa shape index (κ3) is 3.64. The van der Waals surface area contributed by atoms with E-state index in [1.165, 1.54) is 27.8 Å². The second-order valence-corrected chi connectivity index (χ2v) is 6.17. The number of rotatable bonds is 5. The second kappa shape index (κ2) is 7.27. The Balaban J connectivity index is 1.42. The molecule has 144 valence electrons. The molecule has 0 bridgehead atoms. The van der Waals surface area contributed by atoms with Gasteiger partial charge in [0.05, 0.1) is 5.56 Å². The van der Waals surface area contributed by atoms with Gasteiger partial charge in [-0.2, -0.15) is 9.67 Å². The largest absolute Gasteiger partial charge is 0.456 e. The first-order valence-electron chi connectivity index (χ1n) is 8.46. The van der Waals surface area contributed by atoms with Crippen LogP contribution < -0.4 is 5.69 Å². The van der Waals surface area contributed by atoms with Gasteiger partial charge < -0.3 is 9.47 Å². The summed E-state index contributed by atoms with van der Waals surface area (Å²) in [5.74, 6) is -2.59. The van der Waals surface area contributed by atoms with Gasteiger partial charge in [-0.15, -0.1) is 5.10 Å². The van der Waals surface area contributed by atoms with Gasteiger partial charge in [0, 0.05) is 12.6 Å². The summed E-state index contributed by atoms with van der Waals surface area (Å²) in [6, 6.07) is 9.78. The van der Waals surface area contributed by atoms with Crippen LogP contribution in [0.15, 0.2) is 53.7 Å². The number of nitrogens with zero attached hydrogens (tertiary/aromatic N) is 6. The van der Waals surface area contributed by atoms with Crippen LogP contribution in [0, 0.1) is 0 Å². The Morgan fingerprint density at radius 1 is 1.32 bits per heavy atom. The molecule has 3 aromatic rings. The molecule has 0 aliphatic carbocycles. The van der Waals surface area contributed by atoms with E-state index in [9.17, 15) is 14.0 Å². The van der Waals surface area contributed by atoms with E-state index in [-0.39, 0.29) is 18.7 Å². The molecule has 3 heterocycles. The van der Waals surface area contributed by atoms with Crippen molar-refractivity contribution in [2.75, 3.05) is 6.61 Å². The van der Waals surface area contributed by atoms with Crippen molar-refractivity contribution in [2.45, 2.75) is 24.9 Å². The molecule has 1 saturated heterocycles. The summed E-state index contributed by atoms with van der Waals surface area (Å²) in [5.41, 5.74) is -0.317. The predicted molar refractivity (Wildman–Crippen MR) is 91.1 cm³/mol. The van der Waals surface area contributed by atoms with Crippen LogP contribution in [0.25, 0.3) is 5.82 Å². The van der Waals surface area contributed by atoms with Crippen LogP contribution >= 0.6 is 0 Å². The van der Waals surface area contributed by atoms with Gasteiger partial charge in [-0.1, -0.05) is 18.2 Å². The van der Waals surface area contributed by atoms with Gasteiger partial charge in [0.15, 0.2) is 12.4 Å². The first-order valence-corrected chi connectivity index (χ1v) is 8.46. The first kappa shape index (κ1) is 17.9. The lowest BCUT2D eigenvalue weighted by Gasteiger charge is -2.21. The molecule has 1 aliphatic heterocycles. The van der Waals surface area contributed by atoms with Gasteiger partial charge in [0.1, 0.15) is 12.6 Å². The Bertz CT molecular complexity index is 1030. The van der Waals surface area contributed by atoms with E-state index >= 15 is 0 Å². The van der Waals surface area contributed by atoms with E-state index < -0.39 is 30.3 Å². The van der Waals surface area contributed by atoms with Crippen molar-refractivity contribution in [2.24, 2.45) is 0 Å². The van der Waals surface area contributed by atoms with Crippen molar-refractivity contribution in [1.29, 1.82) is 0 Å². The van der Waals surface area contributed by atoms with Crippen molar-refractivity contribution in [1.82, 2.24) is 29.8 Å². The molecular weight excluding hydrogens is 371 g/mol. The number of hydrogen-bond donors (Lipinski definition) is 0. The lowest BCUT2D eigenvalue weighted by molar-refractivity contribution is -0.178. The highest BCUT2D eigenvalue weighted by Gasteiger charge is 2.43.